The summed E-state index contributed by atoms with van der Waals surface area (Å²) in [6.45, 7) is 4.72. The van der Waals surface area contributed by atoms with Crippen molar-refractivity contribution < 1.29 is 9.90 Å². The minimum Gasteiger partial charge on any atom is -0.480 e. The highest BCUT2D eigenvalue weighted by Crippen LogP contribution is 2.14. The number of carboxylic acids is 1. The zero-order valence-electron chi connectivity index (χ0n) is 11.4. The molecule has 0 amide bonds. The summed E-state index contributed by atoms with van der Waals surface area (Å²) in [5, 5.41) is 12.0. The highest BCUT2D eigenvalue weighted by molar-refractivity contribution is 5.78. The van der Waals surface area contributed by atoms with E-state index < -0.39 is 11.5 Å². The molecule has 0 spiro atoms. The van der Waals surface area contributed by atoms with Gasteiger partial charge in [0.05, 0.1) is 0 Å². The van der Waals surface area contributed by atoms with Gasteiger partial charge in [0.2, 0.25) is 0 Å². The molecule has 1 atom stereocenters. The predicted octanol–water partition coefficient (Wildman–Crippen LogP) is 1.68. The number of nitrogens with one attached hydrogen (secondary N) is 1. The first-order chi connectivity index (χ1) is 8.53. The highest BCUT2D eigenvalue weighted by Gasteiger charge is 2.29. The Morgan fingerprint density at radius 2 is 2.28 bits per heavy atom. The second kappa shape index (κ2) is 6.54. The summed E-state index contributed by atoms with van der Waals surface area (Å²) in [5.74, 6) is 0.298. The van der Waals surface area contributed by atoms with Crippen molar-refractivity contribution in [3.05, 3.63) is 18.2 Å². The number of aromatic nitrogens is 2. The molecule has 1 rings (SSSR count). The quantitative estimate of drug-likeness (QED) is 0.692. The first kappa shape index (κ1) is 14.7. The van der Waals surface area contributed by atoms with E-state index in [1.165, 1.54) is 0 Å². The third-order valence-electron chi connectivity index (χ3n) is 3.47. The molecule has 0 aliphatic heterocycles. The van der Waals surface area contributed by atoms with Crippen LogP contribution in [0.5, 0.6) is 0 Å². The lowest BCUT2D eigenvalue weighted by Gasteiger charge is -2.24. The maximum atomic E-state index is 11.1. The predicted molar refractivity (Wildman–Crippen MR) is 70.6 cm³/mol. The van der Waals surface area contributed by atoms with Gasteiger partial charge in [0.1, 0.15) is 11.4 Å². The Morgan fingerprint density at radius 3 is 2.83 bits per heavy atom. The van der Waals surface area contributed by atoms with Crippen LogP contribution >= 0.6 is 0 Å². The first-order valence-electron chi connectivity index (χ1n) is 6.46. The molecule has 0 fully saturated rings. The molecule has 18 heavy (non-hydrogen) atoms. The molecular formula is C13H23N3O2. The van der Waals surface area contributed by atoms with Crippen molar-refractivity contribution in [2.75, 3.05) is 7.05 Å². The van der Waals surface area contributed by atoms with E-state index in [1.54, 1.807) is 14.0 Å². The Morgan fingerprint density at radius 1 is 1.56 bits per heavy atom. The second-order valence-electron chi connectivity index (χ2n) is 4.73. The summed E-state index contributed by atoms with van der Waals surface area (Å²) in [5.41, 5.74) is -0.817. The zero-order valence-corrected chi connectivity index (χ0v) is 11.4. The van der Waals surface area contributed by atoms with Crippen molar-refractivity contribution in [2.24, 2.45) is 0 Å². The van der Waals surface area contributed by atoms with Gasteiger partial charge in [0, 0.05) is 25.4 Å². The molecule has 0 aliphatic rings. The average molecular weight is 253 g/mol. The molecule has 102 valence electrons. The second-order valence-corrected chi connectivity index (χ2v) is 4.73. The Balaban J connectivity index is 2.37. The van der Waals surface area contributed by atoms with E-state index in [2.05, 4.69) is 21.8 Å². The van der Waals surface area contributed by atoms with Gasteiger partial charge in [-0.1, -0.05) is 6.92 Å². The highest BCUT2D eigenvalue weighted by atomic mass is 16.4. The Kier molecular flexibility index (Phi) is 5.34. The summed E-state index contributed by atoms with van der Waals surface area (Å²) in [7, 11) is 1.69. The van der Waals surface area contributed by atoms with Crippen LogP contribution in [0.3, 0.4) is 0 Å². The normalized spacial score (nSPS) is 14.4. The number of imidazole rings is 1. The van der Waals surface area contributed by atoms with Crippen LogP contribution in [0.25, 0.3) is 0 Å². The minimum absolute atomic E-state index is 0.634. The van der Waals surface area contributed by atoms with E-state index in [4.69, 9.17) is 5.11 Å². The molecule has 1 unspecified atom stereocenters. The van der Waals surface area contributed by atoms with Crippen LogP contribution in [0.4, 0.5) is 0 Å². The van der Waals surface area contributed by atoms with E-state index >= 15 is 0 Å². The molecule has 0 aliphatic carbocycles. The number of hydrogen-bond acceptors (Lipinski definition) is 3. The number of nitrogens with zero attached hydrogens (tertiary/aromatic N) is 2. The van der Waals surface area contributed by atoms with Gasteiger partial charge in [-0.25, -0.2) is 4.98 Å². The fourth-order valence-corrected chi connectivity index (χ4v) is 1.96. The third kappa shape index (κ3) is 3.57. The number of hydrogen-bond donors (Lipinski definition) is 2. The lowest BCUT2D eigenvalue weighted by atomic mass is 9.95. The van der Waals surface area contributed by atoms with Gasteiger partial charge in [0.25, 0.3) is 0 Å². The molecule has 5 heteroatoms. The van der Waals surface area contributed by atoms with Crippen LogP contribution in [-0.2, 0) is 17.8 Å². The number of carboxylic acid groups (broad SMARTS) is 1. The Hall–Kier alpha value is -1.36. The standard InChI is InChI=1S/C13H23N3O2/c1-4-11-15-8-10-16(11)9-6-5-7-13(2,14-3)12(17)18/h8,10,14H,4-7,9H2,1-3H3,(H,17,18). The van der Waals surface area contributed by atoms with E-state index in [0.717, 1.165) is 31.6 Å². The van der Waals surface area contributed by atoms with Gasteiger partial charge in [0.15, 0.2) is 0 Å². The van der Waals surface area contributed by atoms with Gasteiger partial charge >= 0.3 is 5.97 Å². The van der Waals surface area contributed by atoms with Crippen molar-refractivity contribution >= 4 is 5.97 Å². The van der Waals surface area contributed by atoms with Crippen molar-refractivity contribution in [1.82, 2.24) is 14.9 Å². The van der Waals surface area contributed by atoms with E-state index in [0.29, 0.717) is 6.42 Å². The van der Waals surface area contributed by atoms with Crippen LogP contribution in [0.15, 0.2) is 12.4 Å². The molecule has 1 aromatic heterocycles. The minimum atomic E-state index is -0.817. The van der Waals surface area contributed by atoms with Crippen LogP contribution in [0.2, 0.25) is 0 Å². The number of carbonyl (C=O) groups is 1. The molecule has 0 saturated heterocycles. The van der Waals surface area contributed by atoms with Crippen molar-refractivity contribution in [2.45, 2.75) is 51.6 Å². The van der Waals surface area contributed by atoms with Gasteiger partial charge in [-0.15, -0.1) is 0 Å². The number of rotatable bonds is 8. The maximum Gasteiger partial charge on any atom is 0.323 e. The fraction of sp³-hybridized carbons (Fsp3) is 0.692. The summed E-state index contributed by atoms with van der Waals surface area (Å²) in [4.78, 5) is 15.4. The summed E-state index contributed by atoms with van der Waals surface area (Å²) in [6.07, 6.45) is 7.20. The van der Waals surface area contributed by atoms with E-state index in [-0.39, 0.29) is 0 Å². The van der Waals surface area contributed by atoms with Crippen LogP contribution in [-0.4, -0.2) is 33.2 Å². The number of aryl methyl sites for hydroxylation is 2. The number of aliphatic carboxylic acids is 1. The molecule has 0 radical (unpaired) electrons. The Labute approximate surface area is 108 Å². The monoisotopic (exact) mass is 253 g/mol. The SMILES string of the molecule is CCc1nccn1CCCCC(C)(NC)C(=O)O. The van der Waals surface area contributed by atoms with Crippen LogP contribution in [0, 0.1) is 0 Å². The molecule has 0 saturated carbocycles. The van der Waals surface area contributed by atoms with E-state index in [9.17, 15) is 4.79 Å². The Bertz CT molecular complexity index is 389. The first-order valence-corrected chi connectivity index (χ1v) is 6.46. The number of unbranched alkanes of at least 4 members (excludes halogenated alkanes) is 1. The fourth-order valence-electron chi connectivity index (χ4n) is 1.96. The van der Waals surface area contributed by atoms with Crippen molar-refractivity contribution in [1.29, 1.82) is 0 Å². The molecular weight excluding hydrogens is 230 g/mol. The molecule has 0 aromatic carbocycles. The largest absolute Gasteiger partial charge is 0.480 e. The topological polar surface area (TPSA) is 67.2 Å². The summed E-state index contributed by atoms with van der Waals surface area (Å²) < 4.78 is 2.14. The lowest BCUT2D eigenvalue weighted by molar-refractivity contribution is -0.144. The molecule has 1 heterocycles. The zero-order chi connectivity index (χ0) is 13.6. The smallest absolute Gasteiger partial charge is 0.323 e. The average Bonchev–Trinajstić information content (AvgIpc) is 2.81. The van der Waals surface area contributed by atoms with Gasteiger partial charge in [-0.05, 0) is 33.2 Å². The molecule has 2 N–H and O–H groups in total. The third-order valence-corrected chi connectivity index (χ3v) is 3.47. The molecule has 0 bridgehead atoms. The van der Waals surface area contributed by atoms with Crippen LogP contribution in [0.1, 0.15) is 38.9 Å². The molecule has 5 nitrogen and oxygen atoms in total. The molecule has 1 aromatic rings. The lowest BCUT2D eigenvalue weighted by Crippen LogP contribution is -2.47. The number of likely N-dealkylation sites (N-methyl/N-ethyl adjacent to an activating group) is 1. The van der Waals surface area contributed by atoms with Gasteiger partial charge in [-0.2, -0.15) is 0 Å². The van der Waals surface area contributed by atoms with Gasteiger partial charge in [-0.3, -0.25) is 4.79 Å². The summed E-state index contributed by atoms with van der Waals surface area (Å²) in [6, 6.07) is 0. The van der Waals surface area contributed by atoms with Crippen LogP contribution < -0.4 is 5.32 Å². The van der Waals surface area contributed by atoms with Gasteiger partial charge < -0.3 is 15.0 Å². The van der Waals surface area contributed by atoms with Crippen molar-refractivity contribution in [3.8, 4) is 0 Å². The summed E-state index contributed by atoms with van der Waals surface area (Å²) >= 11 is 0. The maximum absolute atomic E-state index is 11.1. The van der Waals surface area contributed by atoms with Crippen molar-refractivity contribution in [3.63, 3.8) is 0 Å². The van der Waals surface area contributed by atoms with E-state index in [1.807, 2.05) is 12.4 Å².